The molecule has 0 saturated carbocycles. The van der Waals surface area contributed by atoms with E-state index >= 15 is 0 Å². The molecule has 0 rings (SSSR count). The van der Waals surface area contributed by atoms with Crippen LogP contribution in [0.4, 0.5) is 0 Å². The van der Waals surface area contributed by atoms with Gasteiger partial charge in [0.2, 0.25) is 0 Å². The van der Waals surface area contributed by atoms with E-state index < -0.39 is 10.3 Å². The molecule has 0 aromatic heterocycles. The van der Waals surface area contributed by atoms with Crippen LogP contribution in [0.3, 0.4) is 0 Å². The van der Waals surface area contributed by atoms with Gasteiger partial charge in [0.15, 0.2) is 0 Å². The molecule has 17 heavy (non-hydrogen) atoms. The van der Waals surface area contributed by atoms with Crippen molar-refractivity contribution >= 4 is 10.3 Å². The lowest BCUT2D eigenvalue weighted by Gasteiger charge is -2.02. The third-order valence-corrected chi connectivity index (χ3v) is 3.21. The highest BCUT2D eigenvalue weighted by atomic mass is 32.2. The van der Waals surface area contributed by atoms with Crippen LogP contribution in [0.15, 0.2) is 0 Å². The molecule has 0 aliphatic carbocycles. The fourth-order valence-electron chi connectivity index (χ4n) is 1.76. The quantitative estimate of drug-likeness (QED) is 0.507. The van der Waals surface area contributed by atoms with E-state index in [0.29, 0.717) is 0 Å². The van der Waals surface area contributed by atoms with Gasteiger partial charge in [0.25, 0.3) is 0 Å². The molecule has 4 nitrogen and oxygen atoms in total. The van der Waals surface area contributed by atoms with Gasteiger partial charge >= 0.3 is 10.3 Å². The average Bonchev–Trinajstić information content (AvgIpc) is 2.24. The van der Waals surface area contributed by atoms with E-state index in [1.165, 1.54) is 44.9 Å². The zero-order valence-corrected chi connectivity index (χ0v) is 11.7. The molecule has 0 aliphatic rings. The maximum atomic E-state index is 10.3. The average molecular weight is 264 g/mol. The fourth-order valence-corrected chi connectivity index (χ4v) is 2.10. The van der Waals surface area contributed by atoms with Crippen LogP contribution >= 0.6 is 0 Å². The molecule has 0 bridgehead atoms. The van der Waals surface area contributed by atoms with Crippen LogP contribution in [0.25, 0.3) is 0 Å². The lowest BCUT2D eigenvalue weighted by molar-refractivity contribution is 0.305. The normalized spacial score (nSPS) is 11.9. The lowest BCUT2D eigenvalue weighted by atomic mass is 10.1. The Hall–Kier alpha value is -0.130. The molecule has 5 heteroatoms. The van der Waals surface area contributed by atoms with Gasteiger partial charge in [0.1, 0.15) is 0 Å². The van der Waals surface area contributed by atoms with E-state index in [4.69, 9.17) is 5.14 Å². The topological polar surface area (TPSA) is 67.2 Å². The van der Waals surface area contributed by atoms with Gasteiger partial charge in [-0.1, -0.05) is 64.7 Å². The summed E-state index contributed by atoms with van der Waals surface area (Å²) in [6.45, 7) is 2.38. The van der Waals surface area contributed by atoms with Gasteiger partial charge in [-0.3, -0.25) is 4.18 Å². The Morgan fingerprint density at radius 3 is 1.65 bits per heavy atom. The molecule has 0 aromatic rings. The molecule has 0 amide bonds. The predicted octanol–water partition coefficient (Wildman–Crippen LogP) is 3.45. The maximum absolute atomic E-state index is 10.3. The number of hydrogen-bond donors (Lipinski definition) is 0. The molecular weight excluding hydrogens is 238 g/mol. The van der Waals surface area contributed by atoms with E-state index in [9.17, 15) is 8.42 Å². The molecule has 0 saturated heterocycles. The summed E-state index contributed by atoms with van der Waals surface area (Å²) in [5, 5.41) is 6.51. The van der Waals surface area contributed by atoms with E-state index in [-0.39, 0.29) is 6.61 Å². The Labute approximate surface area is 106 Å². The number of nitrogens with one attached hydrogen (secondary N) is 1. The van der Waals surface area contributed by atoms with Crippen molar-refractivity contribution in [3.63, 3.8) is 0 Å². The largest absolute Gasteiger partial charge is 0.349 e. The summed E-state index contributed by atoms with van der Waals surface area (Å²) in [7, 11) is -3.98. The third-order valence-electron chi connectivity index (χ3n) is 2.74. The summed E-state index contributed by atoms with van der Waals surface area (Å²) >= 11 is 0. The number of unbranched alkanes of at least 4 members (excludes halogenated alkanes) is 9. The third kappa shape index (κ3) is 15.9. The highest BCUT2D eigenvalue weighted by molar-refractivity contribution is 7.84. The van der Waals surface area contributed by atoms with Crippen molar-refractivity contribution in [1.82, 2.24) is 5.14 Å². The summed E-state index contributed by atoms with van der Waals surface area (Å²) in [6, 6.07) is 0. The predicted molar refractivity (Wildman–Crippen MR) is 69.8 cm³/mol. The van der Waals surface area contributed by atoms with Crippen LogP contribution in [0, 0.1) is 0 Å². The van der Waals surface area contributed by atoms with Gasteiger partial charge in [0, 0.05) is 0 Å². The number of rotatable bonds is 12. The van der Waals surface area contributed by atoms with E-state index in [2.05, 4.69) is 11.1 Å². The Morgan fingerprint density at radius 1 is 0.824 bits per heavy atom. The van der Waals surface area contributed by atoms with Gasteiger partial charge in [-0.25, -0.2) is 0 Å². The molecule has 0 fully saturated rings. The Bertz CT molecular complexity index is 252. The van der Waals surface area contributed by atoms with E-state index in [1.54, 1.807) is 0 Å². The Kier molecular flexibility index (Phi) is 10.9. The molecule has 1 radical (unpaired) electrons. The highest BCUT2D eigenvalue weighted by Crippen LogP contribution is 2.10. The lowest BCUT2D eigenvalue weighted by Crippen LogP contribution is -2.06. The van der Waals surface area contributed by atoms with Crippen LogP contribution in [-0.4, -0.2) is 15.0 Å². The van der Waals surface area contributed by atoms with Crippen molar-refractivity contribution in [2.75, 3.05) is 6.61 Å². The van der Waals surface area contributed by atoms with Gasteiger partial charge in [0.05, 0.1) is 6.61 Å². The van der Waals surface area contributed by atoms with Gasteiger partial charge in [-0.2, -0.15) is 8.42 Å². The second-order valence-corrected chi connectivity index (χ2v) is 5.60. The van der Waals surface area contributed by atoms with Crippen molar-refractivity contribution in [3.8, 4) is 0 Å². The second-order valence-electron chi connectivity index (χ2n) is 4.46. The van der Waals surface area contributed by atoms with Crippen molar-refractivity contribution in [2.45, 2.75) is 71.1 Å². The monoisotopic (exact) mass is 264 g/mol. The first-order chi connectivity index (χ1) is 8.06. The Morgan fingerprint density at radius 2 is 1.24 bits per heavy atom. The van der Waals surface area contributed by atoms with Gasteiger partial charge < -0.3 is 0 Å². The fraction of sp³-hybridized carbons (Fsp3) is 1.00. The number of hydrogen-bond acceptors (Lipinski definition) is 3. The van der Waals surface area contributed by atoms with Crippen molar-refractivity contribution in [2.24, 2.45) is 0 Å². The molecular formula is C12H26NO3S. The first kappa shape index (κ1) is 16.9. The van der Waals surface area contributed by atoms with Crippen LogP contribution in [-0.2, 0) is 14.5 Å². The highest BCUT2D eigenvalue weighted by Gasteiger charge is 2.01. The zero-order valence-electron chi connectivity index (χ0n) is 10.9. The molecule has 0 atom stereocenters. The SMILES string of the molecule is CCCCCCCCCCCCOS([NH])(=O)=O. The molecule has 0 aromatic carbocycles. The summed E-state index contributed by atoms with van der Waals surface area (Å²) in [5.74, 6) is 0. The minimum atomic E-state index is -3.98. The summed E-state index contributed by atoms with van der Waals surface area (Å²) < 4.78 is 25.0. The summed E-state index contributed by atoms with van der Waals surface area (Å²) in [4.78, 5) is 0. The minimum Gasteiger partial charge on any atom is -0.257 e. The zero-order chi connectivity index (χ0) is 13.0. The van der Waals surface area contributed by atoms with Crippen LogP contribution in [0.5, 0.6) is 0 Å². The molecule has 0 spiro atoms. The first-order valence-corrected chi connectivity index (χ1v) is 8.11. The minimum absolute atomic E-state index is 0.155. The summed E-state index contributed by atoms with van der Waals surface area (Å²) in [6.07, 6.45) is 12.0. The Balaban J connectivity index is 3.04. The van der Waals surface area contributed by atoms with E-state index in [1.807, 2.05) is 0 Å². The second kappa shape index (κ2) is 11.0. The van der Waals surface area contributed by atoms with Gasteiger partial charge in [-0.05, 0) is 6.42 Å². The van der Waals surface area contributed by atoms with Crippen molar-refractivity contribution < 1.29 is 12.6 Å². The van der Waals surface area contributed by atoms with Crippen molar-refractivity contribution in [1.29, 1.82) is 0 Å². The van der Waals surface area contributed by atoms with Crippen molar-refractivity contribution in [3.05, 3.63) is 0 Å². The molecule has 0 aliphatic heterocycles. The first-order valence-electron chi connectivity index (χ1n) is 6.70. The summed E-state index contributed by atoms with van der Waals surface area (Å²) in [5.41, 5.74) is 0. The molecule has 0 unspecified atom stereocenters. The van der Waals surface area contributed by atoms with Gasteiger partial charge in [-0.15, -0.1) is 5.14 Å². The van der Waals surface area contributed by atoms with Crippen LogP contribution in [0.2, 0.25) is 0 Å². The van der Waals surface area contributed by atoms with Crippen LogP contribution < -0.4 is 5.14 Å². The molecule has 0 heterocycles. The smallest absolute Gasteiger partial charge is 0.257 e. The van der Waals surface area contributed by atoms with Crippen LogP contribution in [0.1, 0.15) is 71.1 Å². The molecule has 103 valence electrons. The molecule has 1 N–H and O–H groups in total. The standard InChI is InChI=1S/C12H26NO3S/c1-2-3-4-5-6-7-8-9-10-11-12-16-17(13,14)15/h13H,2-12H2,1H3. The maximum Gasteiger partial charge on any atom is 0.349 e. The van der Waals surface area contributed by atoms with E-state index in [0.717, 1.165) is 19.3 Å².